The highest BCUT2D eigenvalue weighted by Gasteiger charge is 2.16. The molecule has 0 aliphatic rings. The van der Waals surface area contributed by atoms with Crippen LogP contribution in [0.25, 0.3) is 0 Å². The summed E-state index contributed by atoms with van der Waals surface area (Å²) >= 11 is 11.9. The van der Waals surface area contributed by atoms with E-state index in [4.69, 9.17) is 32.7 Å². The summed E-state index contributed by atoms with van der Waals surface area (Å²) in [5.74, 6) is 1.51. The van der Waals surface area contributed by atoms with E-state index < -0.39 is 6.10 Å². The summed E-state index contributed by atoms with van der Waals surface area (Å²) in [7, 11) is 1.54. The van der Waals surface area contributed by atoms with E-state index in [0.29, 0.717) is 32.9 Å². The van der Waals surface area contributed by atoms with Crippen molar-refractivity contribution in [1.29, 1.82) is 0 Å². The van der Waals surface area contributed by atoms with E-state index >= 15 is 0 Å². The Balaban J connectivity index is 2.43. The normalized spacial score (nSPS) is 12.1. The van der Waals surface area contributed by atoms with Crippen molar-refractivity contribution in [2.24, 2.45) is 0 Å². The summed E-state index contributed by atoms with van der Waals surface area (Å²) in [6.07, 6.45) is -0.729. The summed E-state index contributed by atoms with van der Waals surface area (Å²) in [5, 5.41) is 10.8. The second kappa shape index (κ2) is 6.35. The molecule has 5 heteroatoms. The number of benzene rings is 2. The van der Waals surface area contributed by atoms with Gasteiger partial charge in [-0.15, -0.1) is 0 Å². The van der Waals surface area contributed by atoms with Gasteiger partial charge in [0.05, 0.1) is 23.8 Å². The maximum absolute atomic E-state index is 9.89. The first kappa shape index (κ1) is 15.0. The maximum Gasteiger partial charge on any atom is 0.146 e. The van der Waals surface area contributed by atoms with Gasteiger partial charge >= 0.3 is 0 Å². The van der Waals surface area contributed by atoms with E-state index in [1.165, 1.54) is 0 Å². The van der Waals surface area contributed by atoms with Gasteiger partial charge in [-0.2, -0.15) is 0 Å². The van der Waals surface area contributed by atoms with E-state index in [-0.39, 0.29) is 0 Å². The van der Waals surface area contributed by atoms with Crippen LogP contribution in [0.4, 0.5) is 0 Å². The molecule has 0 amide bonds. The molecule has 3 nitrogen and oxygen atoms in total. The quantitative estimate of drug-likeness (QED) is 0.877. The number of aliphatic hydroxyl groups is 1. The molecule has 2 aromatic rings. The first-order chi connectivity index (χ1) is 9.52. The monoisotopic (exact) mass is 312 g/mol. The number of rotatable bonds is 4. The average Bonchev–Trinajstić information content (AvgIpc) is 2.41. The SMILES string of the molecule is COc1cccc(Oc2ccc(Cl)cc2Cl)c1[C@@H](C)O. The van der Waals surface area contributed by atoms with Crippen molar-refractivity contribution in [2.45, 2.75) is 13.0 Å². The van der Waals surface area contributed by atoms with Crippen LogP contribution in [-0.2, 0) is 0 Å². The molecule has 2 rings (SSSR count). The summed E-state index contributed by atoms with van der Waals surface area (Å²) in [4.78, 5) is 0. The Kier molecular flexibility index (Phi) is 4.76. The topological polar surface area (TPSA) is 38.7 Å². The predicted molar refractivity (Wildman–Crippen MR) is 80.2 cm³/mol. The van der Waals surface area contributed by atoms with E-state index in [1.807, 2.05) is 0 Å². The van der Waals surface area contributed by atoms with Crippen LogP contribution in [0.3, 0.4) is 0 Å². The second-order valence-corrected chi connectivity index (χ2v) is 5.07. The second-order valence-electron chi connectivity index (χ2n) is 4.22. The molecule has 2 aromatic carbocycles. The van der Waals surface area contributed by atoms with Crippen molar-refractivity contribution in [3.05, 3.63) is 52.0 Å². The number of methoxy groups -OCH3 is 1. The van der Waals surface area contributed by atoms with E-state index in [9.17, 15) is 5.11 Å². The molecule has 20 heavy (non-hydrogen) atoms. The molecule has 0 aliphatic carbocycles. The van der Waals surface area contributed by atoms with Crippen molar-refractivity contribution < 1.29 is 14.6 Å². The van der Waals surface area contributed by atoms with E-state index in [1.54, 1.807) is 50.4 Å². The third-order valence-electron chi connectivity index (χ3n) is 2.78. The number of ether oxygens (including phenoxy) is 2. The summed E-state index contributed by atoms with van der Waals surface area (Å²) in [6.45, 7) is 1.65. The number of aliphatic hydroxyl groups excluding tert-OH is 1. The zero-order valence-corrected chi connectivity index (χ0v) is 12.6. The van der Waals surface area contributed by atoms with Crippen molar-refractivity contribution >= 4 is 23.2 Å². The molecule has 0 aliphatic heterocycles. The van der Waals surface area contributed by atoms with Crippen LogP contribution in [-0.4, -0.2) is 12.2 Å². The third-order valence-corrected chi connectivity index (χ3v) is 3.31. The zero-order valence-electron chi connectivity index (χ0n) is 11.1. The Hall–Kier alpha value is -1.42. The van der Waals surface area contributed by atoms with Gasteiger partial charge in [0.1, 0.15) is 17.2 Å². The highest BCUT2D eigenvalue weighted by molar-refractivity contribution is 6.35. The fraction of sp³-hybridized carbons (Fsp3) is 0.200. The fourth-order valence-electron chi connectivity index (χ4n) is 1.88. The molecule has 0 fully saturated rings. The van der Waals surface area contributed by atoms with Gasteiger partial charge in [-0.3, -0.25) is 0 Å². The minimum atomic E-state index is -0.729. The van der Waals surface area contributed by atoms with Gasteiger partial charge in [0.2, 0.25) is 0 Å². The molecule has 0 saturated carbocycles. The van der Waals surface area contributed by atoms with Gasteiger partial charge in [0, 0.05) is 5.02 Å². The summed E-state index contributed by atoms with van der Waals surface area (Å²) in [6, 6.07) is 10.2. The van der Waals surface area contributed by atoms with Crippen LogP contribution in [0.2, 0.25) is 10.0 Å². The predicted octanol–water partition coefficient (Wildman–Crippen LogP) is 4.85. The summed E-state index contributed by atoms with van der Waals surface area (Å²) in [5.41, 5.74) is 0.570. The van der Waals surface area contributed by atoms with E-state index in [2.05, 4.69) is 0 Å². The third kappa shape index (κ3) is 3.18. The van der Waals surface area contributed by atoms with Gasteiger partial charge in [-0.05, 0) is 37.3 Å². The number of hydrogen-bond acceptors (Lipinski definition) is 3. The average molecular weight is 313 g/mol. The van der Waals surface area contributed by atoms with Crippen LogP contribution in [0.5, 0.6) is 17.2 Å². The minimum absolute atomic E-state index is 0.400. The van der Waals surface area contributed by atoms with Crippen LogP contribution in [0.1, 0.15) is 18.6 Å². The maximum atomic E-state index is 9.89. The molecule has 0 unspecified atom stereocenters. The largest absolute Gasteiger partial charge is 0.496 e. The van der Waals surface area contributed by atoms with Crippen molar-refractivity contribution in [2.75, 3.05) is 7.11 Å². The zero-order chi connectivity index (χ0) is 14.7. The van der Waals surface area contributed by atoms with Gasteiger partial charge in [-0.25, -0.2) is 0 Å². The van der Waals surface area contributed by atoms with E-state index in [0.717, 1.165) is 0 Å². The van der Waals surface area contributed by atoms with Gasteiger partial charge in [-0.1, -0.05) is 29.3 Å². The summed E-state index contributed by atoms with van der Waals surface area (Å²) < 4.78 is 11.0. The lowest BCUT2D eigenvalue weighted by atomic mass is 10.1. The lowest BCUT2D eigenvalue weighted by Gasteiger charge is -2.17. The Morgan fingerprint density at radius 3 is 2.35 bits per heavy atom. The number of halogens is 2. The lowest BCUT2D eigenvalue weighted by molar-refractivity contribution is 0.190. The van der Waals surface area contributed by atoms with Gasteiger partial charge in [0.25, 0.3) is 0 Å². The molecule has 0 aromatic heterocycles. The van der Waals surface area contributed by atoms with Crippen molar-refractivity contribution in [1.82, 2.24) is 0 Å². The highest BCUT2D eigenvalue weighted by Crippen LogP contribution is 2.38. The Bertz CT molecular complexity index is 612. The first-order valence-corrected chi connectivity index (χ1v) is 6.76. The van der Waals surface area contributed by atoms with Gasteiger partial charge < -0.3 is 14.6 Å². The van der Waals surface area contributed by atoms with Crippen LogP contribution in [0, 0.1) is 0 Å². The minimum Gasteiger partial charge on any atom is -0.496 e. The van der Waals surface area contributed by atoms with Crippen LogP contribution >= 0.6 is 23.2 Å². The smallest absolute Gasteiger partial charge is 0.146 e. The molecule has 0 saturated heterocycles. The molecule has 0 bridgehead atoms. The molecule has 0 spiro atoms. The molecule has 0 heterocycles. The molecule has 106 valence electrons. The Morgan fingerprint density at radius 1 is 1.05 bits per heavy atom. The molecular formula is C15H14Cl2O3. The number of hydrogen-bond donors (Lipinski definition) is 1. The lowest BCUT2D eigenvalue weighted by Crippen LogP contribution is -2.00. The molecular weight excluding hydrogens is 299 g/mol. The Labute approximate surface area is 127 Å². The highest BCUT2D eigenvalue weighted by atomic mass is 35.5. The molecule has 0 radical (unpaired) electrons. The Morgan fingerprint density at radius 2 is 1.75 bits per heavy atom. The first-order valence-electron chi connectivity index (χ1n) is 6.00. The van der Waals surface area contributed by atoms with Crippen molar-refractivity contribution in [3.63, 3.8) is 0 Å². The van der Waals surface area contributed by atoms with Crippen molar-refractivity contribution in [3.8, 4) is 17.2 Å². The molecule has 1 atom stereocenters. The van der Waals surface area contributed by atoms with Crippen LogP contribution in [0.15, 0.2) is 36.4 Å². The molecule has 1 N–H and O–H groups in total. The fourth-order valence-corrected chi connectivity index (χ4v) is 2.33. The van der Waals surface area contributed by atoms with Crippen LogP contribution < -0.4 is 9.47 Å². The standard InChI is InChI=1S/C15H14Cl2O3/c1-9(18)15-13(19-2)4-3-5-14(15)20-12-7-6-10(16)8-11(12)17/h3-9,18H,1-2H3/t9-/m1/s1. The van der Waals surface area contributed by atoms with Gasteiger partial charge in [0.15, 0.2) is 0 Å².